The standard InChI is InChI=1S/C10H12N4O2S/c1-2-15-7(4-11-1)3-9-13-10(14-16-9)8-5-12-6-17-8/h5-7,11H,1-4H2. The molecule has 3 heterocycles. The van der Waals surface area contributed by atoms with Crippen molar-refractivity contribution in [3.05, 3.63) is 17.6 Å². The van der Waals surface area contributed by atoms with E-state index >= 15 is 0 Å². The van der Waals surface area contributed by atoms with E-state index in [1.54, 1.807) is 11.7 Å². The normalized spacial score (nSPS) is 20.6. The summed E-state index contributed by atoms with van der Waals surface area (Å²) >= 11 is 1.50. The lowest BCUT2D eigenvalue weighted by atomic mass is 10.2. The fourth-order valence-corrected chi connectivity index (χ4v) is 2.25. The van der Waals surface area contributed by atoms with Gasteiger partial charge in [-0.25, -0.2) is 0 Å². The Balaban J connectivity index is 1.68. The van der Waals surface area contributed by atoms with Crippen LogP contribution >= 0.6 is 11.3 Å². The van der Waals surface area contributed by atoms with Crippen LogP contribution in [0.1, 0.15) is 5.89 Å². The molecule has 0 aliphatic carbocycles. The van der Waals surface area contributed by atoms with Gasteiger partial charge in [0.05, 0.1) is 29.5 Å². The number of nitrogens with one attached hydrogen (secondary N) is 1. The molecule has 0 bridgehead atoms. The minimum Gasteiger partial charge on any atom is -0.375 e. The number of nitrogens with zero attached hydrogens (tertiary/aromatic N) is 3. The SMILES string of the molecule is c1ncc(-c2noc(CC3CNCCO3)n2)s1. The number of rotatable bonds is 3. The van der Waals surface area contributed by atoms with Gasteiger partial charge in [-0.05, 0) is 0 Å². The van der Waals surface area contributed by atoms with Crippen molar-refractivity contribution in [1.82, 2.24) is 20.4 Å². The summed E-state index contributed by atoms with van der Waals surface area (Å²) in [5.41, 5.74) is 1.75. The van der Waals surface area contributed by atoms with E-state index in [2.05, 4.69) is 20.4 Å². The summed E-state index contributed by atoms with van der Waals surface area (Å²) in [5, 5.41) is 7.20. The zero-order valence-corrected chi connectivity index (χ0v) is 9.94. The third kappa shape index (κ3) is 2.51. The fourth-order valence-electron chi connectivity index (χ4n) is 1.71. The van der Waals surface area contributed by atoms with Gasteiger partial charge in [-0.15, -0.1) is 11.3 Å². The Bertz CT molecular complexity index is 464. The highest BCUT2D eigenvalue weighted by molar-refractivity contribution is 7.13. The Morgan fingerprint density at radius 1 is 1.53 bits per heavy atom. The molecule has 0 aromatic carbocycles. The highest BCUT2D eigenvalue weighted by Gasteiger charge is 2.18. The molecule has 0 spiro atoms. The van der Waals surface area contributed by atoms with Gasteiger partial charge in [-0.2, -0.15) is 4.98 Å². The molecular formula is C10H12N4O2S. The van der Waals surface area contributed by atoms with E-state index in [4.69, 9.17) is 9.26 Å². The Morgan fingerprint density at radius 3 is 3.29 bits per heavy atom. The predicted octanol–water partition coefficient (Wildman–Crippen LogP) is 0.724. The number of morpholine rings is 1. The monoisotopic (exact) mass is 252 g/mol. The molecule has 1 aliphatic heterocycles. The summed E-state index contributed by atoms with van der Waals surface area (Å²) in [7, 11) is 0. The van der Waals surface area contributed by atoms with Gasteiger partial charge < -0.3 is 14.6 Å². The van der Waals surface area contributed by atoms with E-state index in [9.17, 15) is 0 Å². The average molecular weight is 252 g/mol. The highest BCUT2D eigenvalue weighted by Crippen LogP contribution is 2.20. The molecule has 0 saturated carbocycles. The molecule has 1 saturated heterocycles. The van der Waals surface area contributed by atoms with Gasteiger partial charge >= 0.3 is 0 Å². The van der Waals surface area contributed by atoms with Crippen LogP contribution in [0.3, 0.4) is 0 Å². The molecule has 7 heteroatoms. The van der Waals surface area contributed by atoms with E-state index in [-0.39, 0.29) is 6.10 Å². The average Bonchev–Trinajstić information content (AvgIpc) is 3.00. The molecule has 1 fully saturated rings. The van der Waals surface area contributed by atoms with Gasteiger partial charge in [0, 0.05) is 19.3 Å². The first-order chi connectivity index (χ1) is 8.42. The van der Waals surface area contributed by atoms with Crippen LogP contribution in [-0.4, -0.2) is 40.9 Å². The molecular weight excluding hydrogens is 240 g/mol. The molecule has 1 atom stereocenters. The van der Waals surface area contributed by atoms with Crippen molar-refractivity contribution in [2.45, 2.75) is 12.5 Å². The van der Waals surface area contributed by atoms with Crippen LogP contribution in [0.25, 0.3) is 10.7 Å². The predicted molar refractivity (Wildman–Crippen MR) is 61.7 cm³/mol. The molecule has 90 valence electrons. The first kappa shape index (κ1) is 10.8. The summed E-state index contributed by atoms with van der Waals surface area (Å²) < 4.78 is 10.8. The number of aromatic nitrogens is 3. The van der Waals surface area contributed by atoms with Crippen molar-refractivity contribution in [2.24, 2.45) is 0 Å². The quantitative estimate of drug-likeness (QED) is 0.868. The Morgan fingerprint density at radius 2 is 2.53 bits per heavy atom. The molecule has 2 aromatic rings. The van der Waals surface area contributed by atoms with Crippen molar-refractivity contribution in [1.29, 1.82) is 0 Å². The molecule has 2 aromatic heterocycles. The lowest BCUT2D eigenvalue weighted by Gasteiger charge is -2.21. The Hall–Kier alpha value is -1.31. The van der Waals surface area contributed by atoms with Crippen LogP contribution in [0, 0.1) is 0 Å². The second-order valence-electron chi connectivity index (χ2n) is 3.78. The topological polar surface area (TPSA) is 73.1 Å². The van der Waals surface area contributed by atoms with E-state index in [0.29, 0.717) is 18.1 Å². The lowest BCUT2D eigenvalue weighted by molar-refractivity contribution is 0.0246. The van der Waals surface area contributed by atoms with Crippen molar-refractivity contribution in [3.8, 4) is 10.7 Å². The van der Waals surface area contributed by atoms with Crippen LogP contribution in [0.15, 0.2) is 16.2 Å². The number of hydrogen-bond donors (Lipinski definition) is 1. The van der Waals surface area contributed by atoms with E-state index in [1.807, 2.05) is 0 Å². The molecule has 17 heavy (non-hydrogen) atoms. The summed E-state index contributed by atoms with van der Waals surface area (Å²) in [4.78, 5) is 9.24. The summed E-state index contributed by atoms with van der Waals surface area (Å²) in [6, 6.07) is 0. The van der Waals surface area contributed by atoms with Gasteiger partial charge in [-0.3, -0.25) is 4.98 Å². The first-order valence-corrected chi connectivity index (χ1v) is 6.33. The fraction of sp³-hybridized carbons (Fsp3) is 0.500. The van der Waals surface area contributed by atoms with Crippen LogP contribution in [-0.2, 0) is 11.2 Å². The smallest absolute Gasteiger partial charge is 0.229 e. The first-order valence-electron chi connectivity index (χ1n) is 5.45. The summed E-state index contributed by atoms with van der Waals surface area (Å²) in [6.07, 6.45) is 2.51. The van der Waals surface area contributed by atoms with Crippen LogP contribution < -0.4 is 5.32 Å². The second kappa shape index (κ2) is 4.91. The zero-order chi connectivity index (χ0) is 11.5. The molecule has 1 aliphatic rings. The van der Waals surface area contributed by atoms with Gasteiger partial charge in [0.1, 0.15) is 0 Å². The molecule has 1 N–H and O–H groups in total. The molecule has 6 nitrogen and oxygen atoms in total. The molecule has 3 rings (SSSR count). The largest absolute Gasteiger partial charge is 0.375 e. The molecule has 0 amide bonds. The lowest BCUT2D eigenvalue weighted by Crippen LogP contribution is -2.39. The van der Waals surface area contributed by atoms with Crippen molar-refractivity contribution in [3.63, 3.8) is 0 Å². The second-order valence-corrected chi connectivity index (χ2v) is 4.66. The van der Waals surface area contributed by atoms with E-state index in [1.165, 1.54) is 11.3 Å². The van der Waals surface area contributed by atoms with Crippen LogP contribution in [0.4, 0.5) is 0 Å². The minimum absolute atomic E-state index is 0.124. The van der Waals surface area contributed by atoms with E-state index in [0.717, 1.165) is 24.6 Å². The summed E-state index contributed by atoms with van der Waals surface area (Å²) in [5.74, 6) is 1.22. The van der Waals surface area contributed by atoms with Crippen molar-refractivity contribution in [2.75, 3.05) is 19.7 Å². The third-order valence-electron chi connectivity index (χ3n) is 2.53. The maximum absolute atomic E-state index is 5.58. The van der Waals surface area contributed by atoms with E-state index < -0.39 is 0 Å². The Labute approximate surface area is 102 Å². The zero-order valence-electron chi connectivity index (χ0n) is 9.13. The number of thiazole rings is 1. The van der Waals surface area contributed by atoms with Crippen LogP contribution in [0.2, 0.25) is 0 Å². The van der Waals surface area contributed by atoms with Crippen molar-refractivity contribution < 1.29 is 9.26 Å². The molecule has 0 radical (unpaired) electrons. The minimum atomic E-state index is 0.124. The van der Waals surface area contributed by atoms with Crippen LogP contribution in [0.5, 0.6) is 0 Å². The van der Waals surface area contributed by atoms with Gasteiger partial charge in [0.15, 0.2) is 0 Å². The molecule has 1 unspecified atom stereocenters. The number of ether oxygens (including phenoxy) is 1. The Kier molecular flexibility index (Phi) is 3.12. The maximum Gasteiger partial charge on any atom is 0.229 e. The number of hydrogen-bond acceptors (Lipinski definition) is 7. The third-order valence-corrected chi connectivity index (χ3v) is 3.30. The summed E-state index contributed by atoms with van der Waals surface area (Å²) in [6.45, 7) is 2.48. The van der Waals surface area contributed by atoms with Gasteiger partial charge in [0.2, 0.25) is 11.7 Å². The van der Waals surface area contributed by atoms with Gasteiger partial charge in [-0.1, -0.05) is 5.16 Å². The maximum atomic E-state index is 5.58. The highest BCUT2D eigenvalue weighted by atomic mass is 32.1. The van der Waals surface area contributed by atoms with Gasteiger partial charge in [0.25, 0.3) is 0 Å². The van der Waals surface area contributed by atoms with Crippen molar-refractivity contribution >= 4 is 11.3 Å².